The Morgan fingerprint density at radius 3 is 2.14 bits per heavy atom. The molecule has 0 spiro atoms. The van der Waals surface area contributed by atoms with Crippen LogP contribution in [-0.4, -0.2) is 15.0 Å². The molecule has 0 amide bonds. The molecular formula is C14H17ClN4OS2. The van der Waals surface area contributed by atoms with Crippen LogP contribution in [0.5, 0.6) is 0 Å². The third kappa shape index (κ3) is 4.62. The number of halogens is 1. The maximum absolute atomic E-state index is 5.51. The SMILES string of the molecule is Cl.NCc1nc(CN(Cc2cccs2)Cc2cccs2)no1. The molecule has 0 aromatic carbocycles. The summed E-state index contributed by atoms with van der Waals surface area (Å²) in [6.45, 7) is 2.69. The van der Waals surface area contributed by atoms with Crippen LogP contribution in [0.4, 0.5) is 0 Å². The van der Waals surface area contributed by atoms with E-state index in [0.717, 1.165) is 13.1 Å². The van der Waals surface area contributed by atoms with E-state index in [4.69, 9.17) is 10.3 Å². The number of hydrogen-bond acceptors (Lipinski definition) is 7. The van der Waals surface area contributed by atoms with Crippen LogP contribution in [-0.2, 0) is 26.2 Å². The molecule has 0 bridgehead atoms. The van der Waals surface area contributed by atoms with Crippen molar-refractivity contribution >= 4 is 35.1 Å². The van der Waals surface area contributed by atoms with Crippen LogP contribution in [0.1, 0.15) is 21.5 Å². The van der Waals surface area contributed by atoms with Gasteiger partial charge in [-0.2, -0.15) is 4.98 Å². The third-order valence-corrected chi connectivity index (χ3v) is 4.69. The highest BCUT2D eigenvalue weighted by atomic mass is 35.5. The largest absolute Gasteiger partial charge is 0.338 e. The number of rotatable bonds is 7. The Bertz CT molecular complexity index is 618. The van der Waals surface area contributed by atoms with E-state index in [9.17, 15) is 0 Å². The fourth-order valence-electron chi connectivity index (χ4n) is 2.05. The zero-order chi connectivity index (χ0) is 14.5. The van der Waals surface area contributed by atoms with Crippen LogP contribution in [0.3, 0.4) is 0 Å². The Kier molecular flexibility index (Phi) is 6.53. The minimum atomic E-state index is 0. The van der Waals surface area contributed by atoms with Crippen molar-refractivity contribution in [3.63, 3.8) is 0 Å². The van der Waals surface area contributed by atoms with Crippen LogP contribution in [0.2, 0.25) is 0 Å². The Labute approximate surface area is 143 Å². The highest BCUT2D eigenvalue weighted by Crippen LogP contribution is 2.18. The van der Waals surface area contributed by atoms with Crippen molar-refractivity contribution in [1.82, 2.24) is 15.0 Å². The van der Waals surface area contributed by atoms with Crippen molar-refractivity contribution in [2.24, 2.45) is 5.73 Å². The quantitative estimate of drug-likeness (QED) is 0.703. The van der Waals surface area contributed by atoms with E-state index in [-0.39, 0.29) is 19.0 Å². The van der Waals surface area contributed by atoms with Gasteiger partial charge in [0.15, 0.2) is 5.82 Å². The molecule has 118 valence electrons. The summed E-state index contributed by atoms with van der Waals surface area (Å²) in [6.07, 6.45) is 0. The van der Waals surface area contributed by atoms with Crippen LogP contribution in [0, 0.1) is 0 Å². The molecule has 0 aliphatic rings. The first-order valence-corrected chi connectivity index (χ1v) is 8.38. The van der Waals surface area contributed by atoms with Crippen molar-refractivity contribution in [3.05, 3.63) is 56.5 Å². The lowest BCUT2D eigenvalue weighted by atomic mass is 10.3. The summed E-state index contributed by atoms with van der Waals surface area (Å²) in [5.41, 5.74) is 5.51. The van der Waals surface area contributed by atoms with Gasteiger partial charge in [-0.25, -0.2) is 0 Å². The summed E-state index contributed by atoms with van der Waals surface area (Å²) < 4.78 is 5.08. The molecule has 3 aromatic heterocycles. The highest BCUT2D eigenvalue weighted by molar-refractivity contribution is 7.10. The second-order valence-corrected chi connectivity index (χ2v) is 6.68. The van der Waals surface area contributed by atoms with E-state index in [1.165, 1.54) is 9.75 Å². The fourth-order valence-corrected chi connectivity index (χ4v) is 3.54. The standard InChI is InChI=1S/C14H16N4OS2.ClH/c15-7-14-16-13(17-19-14)10-18(8-11-3-1-5-20-11)9-12-4-2-6-21-12;/h1-6H,7-10,15H2;1H. The average molecular weight is 357 g/mol. The summed E-state index contributed by atoms with van der Waals surface area (Å²) in [7, 11) is 0. The van der Waals surface area contributed by atoms with E-state index in [1.807, 2.05) is 0 Å². The third-order valence-electron chi connectivity index (χ3n) is 2.97. The van der Waals surface area contributed by atoms with Gasteiger partial charge in [0, 0.05) is 22.8 Å². The van der Waals surface area contributed by atoms with Crippen molar-refractivity contribution < 1.29 is 4.52 Å². The predicted octanol–water partition coefficient (Wildman–Crippen LogP) is 3.28. The lowest BCUT2D eigenvalue weighted by molar-refractivity contribution is 0.241. The summed E-state index contributed by atoms with van der Waals surface area (Å²) >= 11 is 3.52. The van der Waals surface area contributed by atoms with Crippen LogP contribution < -0.4 is 5.73 Å². The van der Waals surface area contributed by atoms with Crippen molar-refractivity contribution in [3.8, 4) is 0 Å². The average Bonchev–Trinajstić information content (AvgIpc) is 3.20. The fraction of sp³-hybridized carbons (Fsp3) is 0.286. The van der Waals surface area contributed by atoms with E-state index < -0.39 is 0 Å². The van der Waals surface area contributed by atoms with Gasteiger partial charge in [-0.15, -0.1) is 35.1 Å². The molecule has 5 nitrogen and oxygen atoms in total. The Balaban J connectivity index is 0.00000176. The Morgan fingerprint density at radius 1 is 1.05 bits per heavy atom. The Hall–Kier alpha value is -1.25. The summed E-state index contributed by atoms with van der Waals surface area (Å²) in [4.78, 5) is 9.25. The van der Waals surface area contributed by atoms with Crippen molar-refractivity contribution in [2.75, 3.05) is 0 Å². The number of thiophene rings is 2. The minimum Gasteiger partial charge on any atom is -0.338 e. The van der Waals surface area contributed by atoms with Crippen molar-refractivity contribution in [1.29, 1.82) is 0 Å². The molecule has 0 aliphatic heterocycles. The van der Waals surface area contributed by atoms with Crippen LogP contribution >= 0.6 is 35.1 Å². The summed E-state index contributed by atoms with van der Waals surface area (Å²) in [6, 6.07) is 8.44. The minimum absolute atomic E-state index is 0. The maximum atomic E-state index is 5.51. The van der Waals surface area contributed by atoms with Gasteiger partial charge in [0.1, 0.15) is 0 Å². The second-order valence-electron chi connectivity index (χ2n) is 4.61. The van der Waals surface area contributed by atoms with E-state index in [0.29, 0.717) is 18.3 Å². The first-order valence-electron chi connectivity index (χ1n) is 6.62. The van der Waals surface area contributed by atoms with Crippen LogP contribution in [0.25, 0.3) is 0 Å². The van der Waals surface area contributed by atoms with Gasteiger partial charge in [-0.1, -0.05) is 17.3 Å². The molecule has 3 rings (SSSR count). The molecule has 3 aromatic rings. The second kappa shape index (κ2) is 8.40. The molecule has 3 heterocycles. The van der Waals surface area contributed by atoms with Crippen molar-refractivity contribution in [2.45, 2.75) is 26.2 Å². The number of nitrogens with two attached hydrogens (primary N) is 1. The van der Waals surface area contributed by atoms with Gasteiger partial charge in [0.05, 0.1) is 13.1 Å². The number of hydrogen-bond donors (Lipinski definition) is 1. The first-order chi connectivity index (χ1) is 10.3. The molecule has 22 heavy (non-hydrogen) atoms. The lowest BCUT2D eigenvalue weighted by Crippen LogP contribution is -2.22. The zero-order valence-corrected chi connectivity index (χ0v) is 14.3. The molecule has 0 unspecified atom stereocenters. The van der Waals surface area contributed by atoms with E-state index >= 15 is 0 Å². The zero-order valence-electron chi connectivity index (χ0n) is 11.8. The van der Waals surface area contributed by atoms with Gasteiger partial charge in [0.2, 0.25) is 5.89 Å². The molecule has 0 aliphatic carbocycles. The van der Waals surface area contributed by atoms with E-state index in [1.54, 1.807) is 22.7 Å². The summed E-state index contributed by atoms with van der Waals surface area (Å²) in [5.74, 6) is 1.17. The van der Waals surface area contributed by atoms with Gasteiger partial charge in [-0.3, -0.25) is 4.90 Å². The van der Waals surface area contributed by atoms with Gasteiger partial charge >= 0.3 is 0 Å². The van der Waals surface area contributed by atoms with Gasteiger partial charge in [-0.05, 0) is 22.9 Å². The lowest BCUT2D eigenvalue weighted by Gasteiger charge is -2.19. The normalized spacial score (nSPS) is 10.8. The number of nitrogens with zero attached hydrogens (tertiary/aromatic N) is 3. The molecule has 0 fully saturated rings. The predicted molar refractivity (Wildman–Crippen MR) is 91.0 cm³/mol. The molecular weight excluding hydrogens is 340 g/mol. The smallest absolute Gasteiger partial charge is 0.240 e. The summed E-state index contributed by atoms with van der Waals surface area (Å²) in [5, 5.41) is 8.18. The maximum Gasteiger partial charge on any atom is 0.240 e. The monoisotopic (exact) mass is 356 g/mol. The molecule has 0 atom stereocenters. The molecule has 0 saturated carbocycles. The van der Waals surface area contributed by atoms with E-state index in [2.05, 4.69) is 50.1 Å². The number of aromatic nitrogens is 2. The molecule has 0 saturated heterocycles. The molecule has 0 radical (unpaired) electrons. The molecule has 8 heteroatoms. The Morgan fingerprint density at radius 2 is 1.68 bits per heavy atom. The molecule has 2 N–H and O–H groups in total. The van der Waals surface area contributed by atoms with Crippen LogP contribution in [0.15, 0.2) is 39.5 Å². The topological polar surface area (TPSA) is 68.2 Å². The van der Waals surface area contributed by atoms with Gasteiger partial charge in [0.25, 0.3) is 0 Å². The van der Waals surface area contributed by atoms with Gasteiger partial charge < -0.3 is 10.3 Å². The first kappa shape index (κ1) is 17.1. The highest BCUT2D eigenvalue weighted by Gasteiger charge is 2.13.